The number of aliphatic hydroxyl groups excluding tert-OH is 1. The average Bonchev–Trinajstić information content (AvgIpc) is 2.95. The molecule has 0 saturated heterocycles. The molecular weight excluding hydrogens is 268 g/mol. The van der Waals surface area contributed by atoms with Crippen LogP contribution < -0.4 is 9.47 Å². The molecule has 5 heteroatoms. The second-order valence-electron chi connectivity index (χ2n) is 5.05. The van der Waals surface area contributed by atoms with Crippen LogP contribution in [-0.4, -0.2) is 21.3 Å². The first kappa shape index (κ1) is 15.4. The van der Waals surface area contributed by atoms with Gasteiger partial charge >= 0.3 is 0 Å². The molecule has 0 spiro atoms. The third-order valence-corrected chi connectivity index (χ3v) is 3.17. The zero-order valence-electron chi connectivity index (χ0n) is 12.7. The summed E-state index contributed by atoms with van der Waals surface area (Å²) in [7, 11) is 0. The van der Waals surface area contributed by atoms with Crippen LogP contribution in [0.3, 0.4) is 0 Å². The molecule has 2 aromatic rings. The van der Waals surface area contributed by atoms with Crippen molar-refractivity contribution in [2.24, 2.45) is 0 Å². The third-order valence-electron chi connectivity index (χ3n) is 3.17. The number of nitrogens with zero attached hydrogens (tertiary/aromatic N) is 2. The van der Waals surface area contributed by atoms with Crippen molar-refractivity contribution in [1.29, 1.82) is 0 Å². The van der Waals surface area contributed by atoms with E-state index in [1.54, 1.807) is 6.07 Å². The highest BCUT2D eigenvalue weighted by molar-refractivity contribution is 5.42. The summed E-state index contributed by atoms with van der Waals surface area (Å²) >= 11 is 0. The summed E-state index contributed by atoms with van der Waals surface area (Å²) in [6.45, 7) is 7.09. The van der Waals surface area contributed by atoms with E-state index in [1.807, 2.05) is 31.6 Å². The van der Waals surface area contributed by atoms with Crippen LogP contribution in [0.5, 0.6) is 11.5 Å². The van der Waals surface area contributed by atoms with E-state index >= 15 is 0 Å². The van der Waals surface area contributed by atoms with Crippen molar-refractivity contribution >= 4 is 0 Å². The second kappa shape index (κ2) is 7.13. The Balaban J connectivity index is 2.13. The molecule has 0 saturated carbocycles. The van der Waals surface area contributed by atoms with E-state index in [9.17, 15) is 5.11 Å². The van der Waals surface area contributed by atoms with E-state index in [-0.39, 0.29) is 6.61 Å². The molecule has 0 radical (unpaired) electrons. The molecule has 5 nitrogen and oxygen atoms in total. The molecule has 1 heterocycles. The molecule has 0 atom stereocenters. The first-order chi connectivity index (χ1) is 10.2. The van der Waals surface area contributed by atoms with Gasteiger partial charge in [0.15, 0.2) is 11.5 Å². The molecule has 0 bridgehead atoms. The van der Waals surface area contributed by atoms with Gasteiger partial charge in [0.1, 0.15) is 6.61 Å². The van der Waals surface area contributed by atoms with Crippen LogP contribution in [0.4, 0.5) is 0 Å². The highest BCUT2D eigenvalue weighted by Gasteiger charge is 2.10. The van der Waals surface area contributed by atoms with Crippen molar-refractivity contribution in [3.63, 3.8) is 0 Å². The first-order valence-corrected chi connectivity index (χ1v) is 7.15. The number of rotatable bonds is 7. The fourth-order valence-corrected chi connectivity index (χ4v) is 2.10. The zero-order valence-corrected chi connectivity index (χ0v) is 12.7. The number of ether oxygens (including phenoxy) is 2. The van der Waals surface area contributed by atoms with Gasteiger partial charge in [-0.15, -0.1) is 0 Å². The normalized spacial score (nSPS) is 10.9. The molecule has 0 aliphatic carbocycles. The first-order valence-electron chi connectivity index (χ1n) is 7.15. The Hall–Kier alpha value is -2.01. The molecule has 0 amide bonds. The van der Waals surface area contributed by atoms with Crippen molar-refractivity contribution in [1.82, 2.24) is 9.55 Å². The fraction of sp³-hybridized carbons (Fsp3) is 0.438. The molecule has 2 rings (SSSR count). The SMILES string of the molecule is CCOc1cc(CO)ccc1OCc1cncn1C(C)C. The van der Waals surface area contributed by atoms with E-state index in [0.29, 0.717) is 30.8 Å². The van der Waals surface area contributed by atoms with Crippen molar-refractivity contribution in [3.05, 3.63) is 42.0 Å². The van der Waals surface area contributed by atoms with Gasteiger partial charge < -0.3 is 19.1 Å². The second-order valence-corrected chi connectivity index (χ2v) is 5.05. The van der Waals surface area contributed by atoms with Gasteiger partial charge in [-0.2, -0.15) is 0 Å². The lowest BCUT2D eigenvalue weighted by molar-refractivity contribution is 0.257. The predicted octanol–water partition coefficient (Wildman–Crippen LogP) is 2.93. The molecule has 1 aromatic heterocycles. The Bertz CT molecular complexity index is 579. The molecule has 0 fully saturated rings. The number of imidazole rings is 1. The smallest absolute Gasteiger partial charge is 0.161 e. The van der Waals surface area contributed by atoms with Gasteiger partial charge in [-0.1, -0.05) is 6.07 Å². The van der Waals surface area contributed by atoms with Crippen LogP contribution in [0.15, 0.2) is 30.7 Å². The van der Waals surface area contributed by atoms with Gasteiger partial charge in [-0.3, -0.25) is 0 Å². The molecule has 1 aromatic carbocycles. The Morgan fingerprint density at radius 1 is 1.24 bits per heavy atom. The topological polar surface area (TPSA) is 56.5 Å². The highest BCUT2D eigenvalue weighted by atomic mass is 16.5. The minimum atomic E-state index is -0.0134. The zero-order chi connectivity index (χ0) is 15.2. The minimum absolute atomic E-state index is 0.0134. The average molecular weight is 290 g/mol. The maximum absolute atomic E-state index is 9.19. The molecule has 0 aliphatic rings. The Morgan fingerprint density at radius 3 is 2.71 bits per heavy atom. The van der Waals surface area contributed by atoms with Crippen LogP contribution in [0, 0.1) is 0 Å². The lowest BCUT2D eigenvalue weighted by atomic mass is 10.2. The Kier molecular flexibility index (Phi) is 5.22. The van der Waals surface area contributed by atoms with Crippen LogP contribution in [0.25, 0.3) is 0 Å². The van der Waals surface area contributed by atoms with E-state index in [4.69, 9.17) is 9.47 Å². The van der Waals surface area contributed by atoms with E-state index in [2.05, 4.69) is 23.4 Å². The number of hydrogen-bond acceptors (Lipinski definition) is 4. The third kappa shape index (κ3) is 3.76. The van der Waals surface area contributed by atoms with Crippen molar-refractivity contribution in [2.45, 2.75) is 40.0 Å². The van der Waals surface area contributed by atoms with Crippen molar-refractivity contribution < 1.29 is 14.6 Å². The summed E-state index contributed by atoms with van der Waals surface area (Å²) in [5.74, 6) is 1.32. The quantitative estimate of drug-likeness (QED) is 0.852. The van der Waals surface area contributed by atoms with E-state index in [1.165, 1.54) is 0 Å². The van der Waals surface area contributed by atoms with Gasteiger partial charge in [0.2, 0.25) is 0 Å². The monoisotopic (exact) mass is 290 g/mol. The van der Waals surface area contributed by atoms with Gasteiger partial charge in [0.25, 0.3) is 0 Å². The summed E-state index contributed by atoms with van der Waals surface area (Å²) in [6.07, 6.45) is 3.62. The Morgan fingerprint density at radius 2 is 2.05 bits per heavy atom. The maximum Gasteiger partial charge on any atom is 0.161 e. The van der Waals surface area contributed by atoms with Crippen LogP contribution in [0.1, 0.15) is 38.1 Å². The lowest BCUT2D eigenvalue weighted by Gasteiger charge is -2.15. The molecule has 114 valence electrons. The molecule has 0 unspecified atom stereocenters. The fourth-order valence-electron chi connectivity index (χ4n) is 2.10. The van der Waals surface area contributed by atoms with E-state index < -0.39 is 0 Å². The maximum atomic E-state index is 9.19. The van der Waals surface area contributed by atoms with Crippen molar-refractivity contribution in [3.8, 4) is 11.5 Å². The number of aromatic nitrogens is 2. The summed E-state index contributed by atoms with van der Waals surface area (Å²) in [4.78, 5) is 4.16. The standard InChI is InChI=1S/C16H22N2O3/c1-4-20-16-7-13(9-19)5-6-15(16)21-10-14-8-17-11-18(14)12(2)3/h5-8,11-12,19H,4,9-10H2,1-3H3. The van der Waals surface area contributed by atoms with Gasteiger partial charge in [-0.05, 0) is 38.5 Å². The summed E-state index contributed by atoms with van der Waals surface area (Å²) in [6, 6.07) is 5.80. The molecule has 1 N–H and O–H groups in total. The molecular formula is C16H22N2O3. The summed E-state index contributed by atoms with van der Waals surface area (Å²) in [5.41, 5.74) is 1.82. The van der Waals surface area contributed by atoms with Gasteiger partial charge in [-0.25, -0.2) is 4.98 Å². The van der Waals surface area contributed by atoms with E-state index in [0.717, 1.165) is 11.3 Å². The number of benzene rings is 1. The predicted molar refractivity (Wildman–Crippen MR) is 80.5 cm³/mol. The number of hydrogen-bond donors (Lipinski definition) is 1. The van der Waals surface area contributed by atoms with Crippen LogP contribution >= 0.6 is 0 Å². The summed E-state index contributed by atoms with van der Waals surface area (Å²) in [5, 5.41) is 9.19. The summed E-state index contributed by atoms with van der Waals surface area (Å²) < 4.78 is 13.5. The van der Waals surface area contributed by atoms with Crippen LogP contribution in [-0.2, 0) is 13.2 Å². The Labute approximate surface area is 125 Å². The van der Waals surface area contributed by atoms with Crippen LogP contribution in [0.2, 0.25) is 0 Å². The van der Waals surface area contributed by atoms with Gasteiger partial charge in [0, 0.05) is 6.04 Å². The molecule has 0 aliphatic heterocycles. The minimum Gasteiger partial charge on any atom is -0.490 e. The largest absolute Gasteiger partial charge is 0.490 e. The van der Waals surface area contributed by atoms with Crippen molar-refractivity contribution in [2.75, 3.05) is 6.61 Å². The molecule has 21 heavy (non-hydrogen) atoms. The number of aliphatic hydroxyl groups is 1. The lowest BCUT2D eigenvalue weighted by Crippen LogP contribution is -2.08. The van der Waals surface area contributed by atoms with Gasteiger partial charge in [0.05, 0.1) is 31.4 Å². The highest BCUT2D eigenvalue weighted by Crippen LogP contribution is 2.29.